The summed E-state index contributed by atoms with van der Waals surface area (Å²) in [6.07, 6.45) is -2.45. The van der Waals surface area contributed by atoms with Crippen LogP contribution in [0.3, 0.4) is 0 Å². The minimum Gasteiger partial charge on any atom is -0.339 e. The van der Waals surface area contributed by atoms with E-state index in [9.17, 15) is 31.0 Å². The molecule has 2 heterocycles. The Labute approximate surface area is 219 Å². The van der Waals surface area contributed by atoms with Crippen molar-refractivity contribution in [2.75, 3.05) is 18.1 Å². The maximum Gasteiger partial charge on any atom is 0.426 e. The maximum atomic E-state index is 14.8. The highest BCUT2D eigenvalue weighted by atomic mass is 32.2. The summed E-state index contributed by atoms with van der Waals surface area (Å²) in [4.78, 5) is 15.5. The van der Waals surface area contributed by atoms with Crippen molar-refractivity contribution >= 4 is 15.6 Å². The zero-order chi connectivity index (χ0) is 27.5. The number of nitrogens with one attached hydrogen (secondary N) is 1. The summed E-state index contributed by atoms with van der Waals surface area (Å²) in [6.45, 7) is 0.967. The Morgan fingerprint density at radius 2 is 1.82 bits per heavy atom. The van der Waals surface area contributed by atoms with E-state index in [1.165, 1.54) is 24.3 Å². The number of benzene rings is 2. The van der Waals surface area contributed by atoms with Crippen LogP contribution in [0, 0.1) is 16.5 Å². The predicted molar refractivity (Wildman–Crippen MR) is 134 cm³/mol. The number of likely N-dealkylation sites (tertiary alicyclic amines) is 1. The highest BCUT2D eigenvalue weighted by Crippen LogP contribution is 2.51. The Morgan fingerprint density at radius 1 is 1.11 bits per heavy atom. The second-order valence-corrected chi connectivity index (χ2v) is 13.6. The molecule has 2 aromatic carbocycles. The van der Waals surface area contributed by atoms with Gasteiger partial charge in [-0.15, -0.1) is 0 Å². The molecule has 2 saturated heterocycles. The number of halogens is 5. The van der Waals surface area contributed by atoms with E-state index in [0.29, 0.717) is 57.6 Å². The van der Waals surface area contributed by atoms with E-state index < -0.39 is 38.4 Å². The van der Waals surface area contributed by atoms with E-state index in [1.807, 2.05) is 4.90 Å². The van der Waals surface area contributed by atoms with Gasteiger partial charge in [0.1, 0.15) is 5.82 Å². The highest BCUT2D eigenvalue weighted by molar-refractivity contribution is 7.92. The average molecular weight is 555 g/mol. The SMILES string of the molecule is CC(F)(c1ccc2c(c1)CCC1N(C(=O)C3CCS(=N)(=O)CC3)CCC21Cc1cccc(F)c1)C(F)(F)F. The molecule has 5 rings (SSSR count). The van der Waals surface area contributed by atoms with Crippen LogP contribution in [0.4, 0.5) is 22.0 Å². The van der Waals surface area contributed by atoms with Crippen molar-refractivity contribution in [3.63, 3.8) is 0 Å². The number of carbonyl (C=O) groups excluding carboxylic acids is 1. The Kier molecular flexibility index (Phi) is 6.64. The monoisotopic (exact) mass is 554 g/mol. The van der Waals surface area contributed by atoms with Crippen molar-refractivity contribution < 1.29 is 31.0 Å². The molecule has 0 aromatic heterocycles. The largest absolute Gasteiger partial charge is 0.426 e. The van der Waals surface area contributed by atoms with Gasteiger partial charge in [-0.05, 0) is 79.8 Å². The molecule has 2 aromatic rings. The van der Waals surface area contributed by atoms with Gasteiger partial charge in [-0.3, -0.25) is 9.57 Å². The van der Waals surface area contributed by atoms with Crippen LogP contribution in [-0.2, 0) is 38.4 Å². The Hall–Kier alpha value is -2.49. The van der Waals surface area contributed by atoms with Gasteiger partial charge in [0.05, 0.1) is 0 Å². The van der Waals surface area contributed by atoms with Crippen LogP contribution >= 0.6 is 0 Å². The smallest absolute Gasteiger partial charge is 0.339 e. The number of rotatable bonds is 4. The minimum atomic E-state index is -5.06. The number of nitrogens with zero attached hydrogens (tertiary/aromatic N) is 1. The highest BCUT2D eigenvalue weighted by Gasteiger charge is 2.56. The zero-order valence-electron chi connectivity index (χ0n) is 21.1. The molecule has 3 atom stereocenters. The molecular formula is C28H31F5N2O2S. The summed E-state index contributed by atoms with van der Waals surface area (Å²) in [7, 11) is -2.64. The number of alkyl halides is 4. The minimum absolute atomic E-state index is 0.0421. The van der Waals surface area contributed by atoms with Crippen LogP contribution in [0.2, 0.25) is 0 Å². The first kappa shape index (κ1) is 27.1. The molecule has 4 nitrogen and oxygen atoms in total. The first-order chi connectivity index (χ1) is 17.7. The molecule has 0 radical (unpaired) electrons. The van der Waals surface area contributed by atoms with Crippen molar-refractivity contribution in [1.29, 1.82) is 4.78 Å². The first-order valence-electron chi connectivity index (χ1n) is 12.9. The van der Waals surface area contributed by atoms with Crippen molar-refractivity contribution in [2.45, 2.75) is 68.8 Å². The van der Waals surface area contributed by atoms with E-state index in [2.05, 4.69) is 0 Å². The van der Waals surface area contributed by atoms with Gasteiger partial charge in [-0.2, -0.15) is 13.2 Å². The third-order valence-corrected chi connectivity index (χ3v) is 10.6. The van der Waals surface area contributed by atoms with E-state index >= 15 is 0 Å². The third-order valence-electron chi connectivity index (χ3n) is 8.85. The topological polar surface area (TPSA) is 61.2 Å². The Bertz CT molecular complexity index is 1340. The molecule has 1 aliphatic carbocycles. The van der Waals surface area contributed by atoms with Crippen LogP contribution in [0.5, 0.6) is 0 Å². The average Bonchev–Trinajstić information content (AvgIpc) is 3.22. The molecule has 0 saturated carbocycles. The lowest BCUT2D eigenvalue weighted by molar-refractivity contribution is -0.228. The van der Waals surface area contributed by atoms with Crippen molar-refractivity contribution in [3.05, 3.63) is 70.5 Å². The number of carbonyl (C=O) groups is 1. The Morgan fingerprint density at radius 3 is 2.47 bits per heavy atom. The quantitative estimate of drug-likeness (QED) is 0.468. The van der Waals surface area contributed by atoms with Crippen LogP contribution in [-0.4, -0.2) is 45.3 Å². The molecule has 0 spiro atoms. The molecular weight excluding hydrogens is 523 g/mol. The molecule has 3 unspecified atom stereocenters. The first-order valence-corrected chi connectivity index (χ1v) is 14.8. The van der Waals surface area contributed by atoms with Gasteiger partial charge in [0, 0.05) is 45.2 Å². The lowest BCUT2D eigenvalue weighted by atomic mass is 9.63. The van der Waals surface area contributed by atoms with Crippen LogP contribution in [0.25, 0.3) is 0 Å². The zero-order valence-corrected chi connectivity index (χ0v) is 21.9. The van der Waals surface area contributed by atoms with Crippen LogP contribution < -0.4 is 0 Å². The summed E-state index contributed by atoms with van der Waals surface area (Å²) in [5.74, 6) is -0.360. The van der Waals surface area contributed by atoms with Gasteiger partial charge in [0.25, 0.3) is 0 Å². The predicted octanol–water partition coefficient (Wildman–Crippen LogP) is 6.06. The molecule has 0 bridgehead atoms. The standard InChI is InChI=1S/C28H31F5N2O2S/c1-26(30,28(31,32)33)21-6-7-23-20(16-21)5-8-24-27(23,17-18-3-2-4-22(29)15-18)11-12-35(24)25(36)19-9-13-38(34,37)14-10-19/h2-4,6-7,15-16,19,24,34H,5,8-14,17H2,1H3. The molecule has 2 aliphatic heterocycles. The fourth-order valence-electron chi connectivity index (χ4n) is 6.69. The summed E-state index contributed by atoms with van der Waals surface area (Å²) >= 11 is 0. The van der Waals surface area contributed by atoms with Crippen molar-refractivity contribution in [1.82, 2.24) is 4.90 Å². The van der Waals surface area contributed by atoms with Gasteiger partial charge in [-0.25, -0.2) is 13.0 Å². The number of hydrogen-bond acceptors (Lipinski definition) is 3. The molecule has 206 valence electrons. The van der Waals surface area contributed by atoms with E-state index in [-0.39, 0.29) is 29.4 Å². The van der Waals surface area contributed by atoms with E-state index in [4.69, 9.17) is 4.78 Å². The van der Waals surface area contributed by atoms with E-state index in [1.54, 1.807) is 18.2 Å². The summed E-state index contributed by atoms with van der Waals surface area (Å²) in [5.41, 5.74) is -2.46. The van der Waals surface area contributed by atoms with Crippen molar-refractivity contribution in [2.24, 2.45) is 5.92 Å². The van der Waals surface area contributed by atoms with Gasteiger partial charge in [0.2, 0.25) is 11.6 Å². The van der Waals surface area contributed by atoms with E-state index in [0.717, 1.165) is 11.1 Å². The second-order valence-electron chi connectivity index (χ2n) is 11.2. The molecule has 3 aliphatic rings. The summed E-state index contributed by atoms with van der Waals surface area (Å²) in [5, 5.41) is 0. The molecule has 1 N–H and O–H groups in total. The third kappa shape index (κ3) is 4.62. The number of amides is 1. The van der Waals surface area contributed by atoms with Gasteiger partial charge in [-0.1, -0.05) is 30.3 Å². The number of aryl methyl sites for hydroxylation is 1. The fraction of sp³-hybridized carbons (Fsp3) is 0.536. The normalized spacial score (nSPS) is 30.8. The number of fused-ring (bicyclic) bond motifs is 3. The van der Waals surface area contributed by atoms with Gasteiger partial charge >= 0.3 is 6.18 Å². The van der Waals surface area contributed by atoms with Crippen LogP contribution in [0.15, 0.2) is 42.5 Å². The molecule has 38 heavy (non-hydrogen) atoms. The van der Waals surface area contributed by atoms with Crippen LogP contribution in [0.1, 0.15) is 54.9 Å². The second kappa shape index (κ2) is 9.31. The maximum absolute atomic E-state index is 14.8. The molecule has 2 fully saturated rings. The lowest BCUT2D eigenvalue weighted by Crippen LogP contribution is -2.51. The molecule has 10 heteroatoms. The fourth-order valence-corrected chi connectivity index (χ4v) is 8.23. The molecule has 1 amide bonds. The lowest BCUT2D eigenvalue weighted by Gasteiger charge is -2.44. The summed E-state index contributed by atoms with van der Waals surface area (Å²) in [6, 6.07) is 10.0. The summed E-state index contributed by atoms with van der Waals surface area (Å²) < 4.78 is 89.2. The Balaban J connectivity index is 1.53. The van der Waals surface area contributed by atoms with Gasteiger partial charge in [0.15, 0.2) is 0 Å². The number of hydrogen-bond donors (Lipinski definition) is 1. The van der Waals surface area contributed by atoms with Crippen molar-refractivity contribution in [3.8, 4) is 0 Å². The van der Waals surface area contributed by atoms with Gasteiger partial charge < -0.3 is 4.90 Å².